The number of hydrogen-bond donors (Lipinski definition) is 0. The van der Waals surface area contributed by atoms with E-state index in [-0.39, 0.29) is 0 Å². The van der Waals surface area contributed by atoms with Crippen LogP contribution in [0.5, 0.6) is 0 Å². The zero-order valence-electron chi connectivity index (χ0n) is 11.4. The second-order valence-corrected chi connectivity index (χ2v) is 4.96. The predicted molar refractivity (Wildman–Crippen MR) is 84.0 cm³/mol. The molecule has 2 heterocycles. The summed E-state index contributed by atoms with van der Waals surface area (Å²) in [6, 6.07) is 17.4. The normalized spacial score (nSPS) is 11.1. The van der Waals surface area contributed by atoms with E-state index >= 15 is 0 Å². The molecule has 0 atom stereocenters. The molecule has 0 unspecified atom stereocenters. The molecule has 0 aliphatic heterocycles. The zero-order chi connectivity index (χ0) is 15.1. The smallest absolute Gasteiger partial charge is 0.336 e. The van der Waals surface area contributed by atoms with Crippen LogP contribution in [0.1, 0.15) is 0 Å². The third kappa shape index (κ3) is 1.93. The average Bonchev–Trinajstić information content (AvgIpc) is 2.54. The summed E-state index contributed by atoms with van der Waals surface area (Å²) in [7, 11) is 0. The molecule has 22 heavy (non-hydrogen) atoms. The number of benzene rings is 2. The molecule has 0 spiro atoms. The lowest BCUT2D eigenvalue weighted by atomic mass is 10.0. The van der Waals surface area contributed by atoms with Crippen molar-refractivity contribution in [1.29, 1.82) is 0 Å². The maximum atomic E-state index is 11.5. The fourth-order valence-corrected chi connectivity index (χ4v) is 2.61. The van der Waals surface area contributed by atoms with Gasteiger partial charge in [0.25, 0.3) is 0 Å². The molecule has 2 aromatic heterocycles. The standard InChI is InChI=1S/C18H10O4/c19-15-9-7-11-3-1-5-13(17(11)21-15)14-6-2-4-12-8-10-16(20)22-18(12)14/h1-10H. The Hall–Kier alpha value is -3.14. The highest BCUT2D eigenvalue weighted by atomic mass is 16.4. The van der Waals surface area contributed by atoms with E-state index in [0.717, 1.165) is 21.9 Å². The van der Waals surface area contributed by atoms with Gasteiger partial charge in [0, 0.05) is 34.0 Å². The van der Waals surface area contributed by atoms with E-state index in [2.05, 4.69) is 0 Å². The third-order valence-corrected chi connectivity index (χ3v) is 3.58. The lowest BCUT2D eigenvalue weighted by molar-refractivity contribution is 0.558. The van der Waals surface area contributed by atoms with E-state index in [1.54, 1.807) is 12.1 Å². The zero-order valence-corrected chi connectivity index (χ0v) is 11.4. The first-order chi connectivity index (χ1) is 10.7. The van der Waals surface area contributed by atoms with Crippen molar-refractivity contribution >= 4 is 21.9 Å². The summed E-state index contributed by atoms with van der Waals surface area (Å²) in [5.74, 6) is 0. The number of para-hydroxylation sites is 2. The molecule has 4 heteroatoms. The molecule has 0 saturated carbocycles. The van der Waals surface area contributed by atoms with E-state index in [0.29, 0.717) is 11.2 Å². The van der Waals surface area contributed by atoms with Crippen LogP contribution >= 0.6 is 0 Å². The molecule has 4 rings (SSSR count). The first kappa shape index (κ1) is 12.6. The number of hydrogen-bond acceptors (Lipinski definition) is 4. The molecular weight excluding hydrogens is 280 g/mol. The highest BCUT2D eigenvalue weighted by molar-refractivity contribution is 6.00. The highest BCUT2D eigenvalue weighted by Gasteiger charge is 2.11. The van der Waals surface area contributed by atoms with Gasteiger partial charge in [-0.25, -0.2) is 9.59 Å². The molecule has 0 saturated heterocycles. The Morgan fingerprint density at radius 1 is 0.545 bits per heavy atom. The predicted octanol–water partition coefficient (Wildman–Crippen LogP) is 3.57. The van der Waals surface area contributed by atoms with Crippen LogP contribution < -0.4 is 11.3 Å². The van der Waals surface area contributed by atoms with E-state index in [1.165, 1.54) is 12.1 Å². The molecular formula is C18H10O4. The lowest BCUT2D eigenvalue weighted by Crippen LogP contribution is -1.97. The van der Waals surface area contributed by atoms with E-state index in [4.69, 9.17) is 8.83 Å². The Morgan fingerprint density at radius 3 is 1.45 bits per heavy atom. The maximum Gasteiger partial charge on any atom is 0.336 e. The largest absolute Gasteiger partial charge is 0.422 e. The molecule has 4 aromatic rings. The molecule has 0 bridgehead atoms. The monoisotopic (exact) mass is 290 g/mol. The van der Waals surface area contributed by atoms with Crippen LogP contribution in [0.2, 0.25) is 0 Å². The molecule has 4 nitrogen and oxygen atoms in total. The van der Waals surface area contributed by atoms with Crippen LogP contribution in [0, 0.1) is 0 Å². The van der Waals surface area contributed by atoms with Crippen LogP contribution in [0.25, 0.3) is 33.1 Å². The van der Waals surface area contributed by atoms with Crippen LogP contribution in [0.3, 0.4) is 0 Å². The van der Waals surface area contributed by atoms with Crippen LogP contribution in [0.4, 0.5) is 0 Å². The van der Waals surface area contributed by atoms with Gasteiger partial charge in [-0.15, -0.1) is 0 Å². The van der Waals surface area contributed by atoms with Gasteiger partial charge in [-0.2, -0.15) is 0 Å². The summed E-state index contributed by atoms with van der Waals surface area (Å²) < 4.78 is 10.7. The average molecular weight is 290 g/mol. The SMILES string of the molecule is O=c1ccc2cccc(-c3cccc4ccc(=O)oc34)c2o1. The Bertz CT molecular complexity index is 1030. The molecule has 0 aliphatic carbocycles. The summed E-state index contributed by atoms with van der Waals surface area (Å²) in [5, 5.41) is 1.62. The van der Waals surface area contributed by atoms with Crippen molar-refractivity contribution in [1.82, 2.24) is 0 Å². The molecule has 0 aliphatic rings. The van der Waals surface area contributed by atoms with Crippen molar-refractivity contribution in [3.8, 4) is 11.1 Å². The first-order valence-corrected chi connectivity index (χ1v) is 6.78. The summed E-state index contributed by atoms with van der Waals surface area (Å²) >= 11 is 0. The topological polar surface area (TPSA) is 60.4 Å². The first-order valence-electron chi connectivity index (χ1n) is 6.78. The van der Waals surface area contributed by atoms with Crippen molar-refractivity contribution in [3.63, 3.8) is 0 Å². The van der Waals surface area contributed by atoms with Crippen molar-refractivity contribution in [2.45, 2.75) is 0 Å². The molecule has 106 valence electrons. The third-order valence-electron chi connectivity index (χ3n) is 3.58. The minimum absolute atomic E-state index is 0.415. The summed E-state index contributed by atoms with van der Waals surface area (Å²) in [6.07, 6.45) is 0. The summed E-state index contributed by atoms with van der Waals surface area (Å²) in [4.78, 5) is 23.1. The van der Waals surface area contributed by atoms with Gasteiger partial charge in [0.15, 0.2) is 0 Å². The molecule has 0 amide bonds. The van der Waals surface area contributed by atoms with Gasteiger partial charge in [0.2, 0.25) is 0 Å². The van der Waals surface area contributed by atoms with Gasteiger partial charge in [-0.05, 0) is 12.1 Å². The number of rotatable bonds is 1. The molecule has 0 N–H and O–H groups in total. The van der Waals surface area contributed by atoms with Crippen LogP contribution in [0.15, 0.2) is 79.1 Å². The van der Waals surface area contributed by atoms with Gasteiger partial charge >= 0.3 is 11.3 Å². The van der Waals surface area contributed by atoms with Gasteiger partial charge in [-0.1, -0.05) is 36.4 Å². The van der Waals surface area contributed by atoms with E-state index in [1.807, 2.05) is 36.4 Å². The molecule has 0 radical (unpaired) electrons. The van der Waals surface area contributed by atoms with Crippen molar-refractivity contribution in [3.05, 3.63) is 81.5 Å². The van der Waals surface area contributed by atoms with Crippen molar-refractivity contribution in [2.75, 3.05) is 0 Å². The van der Waals surface area contributed by atoms with Gasteiger partial charge in [0.05, 0.1) is 0 Å². The highest BCUT2D eigenvalue weighted by Crippen LogP contribution is 2.32. The fraction of sp³-hybridized carbons (Fsp3) is 0. The molecule has 2 aromatic carbocycles. The lowest BCUT2D eigenvalue weighted by Gasteiger charge is -2.07. The van der Waals surface area contributed by atoms with Crippen molar-refractivity contribution < 1.29 is 8.83 Å². The quantitative estimate of drug-likeness (QED) is 0.503. The van der Waals surface area contributed by atoms with Crippen LogP contribution in [-0.4, -0.2) is 0 Å². The second kappa shape index (κ2) is 4.70. The Labute approximate surface area is 124 Å². The minimum Gasteiger partial charge on any atom is -0.422 e. The number of fused-ring (bicyclic) bond motifs is 2. The van der Waals surface area contributed by atoms with E-state index < -0.39 is 11.3 Å². The molecule has 0 fully saturated rings. The Kier molecular flexibility index (Phi) is 2.69. The second-order valence-electron chi connectivity index (χ2n) is 4.96. The summed E-state index contributed by atoms with van der Waals surface area (Å²) in [5.41, 5.74) is 1.57. The van der Waals surface area contributed by atoms with Crippen LogP contribution in [-0.2, 0) is 0 Å². The maximum absolute atomic E-state index is 11.5. The Balaban J connectivity index is 2.16. The fourth-order valence-electron chi connectivity index (χ4n) is 2.61. The van der Waals surface area contributed by atoms with Crippen molar-refractivity contribution in [2.24, 2.45) is 0 Å². The van der Waals surface area contributed by atoms with Gasteiger partial charge in [0.1, 0.15) is 11.2 Å². The Morgan fingerprint density at radius 2 is 1.00 bits per heavy atom. The minimum atomic E-state index is -0.415. The van der Waals surface area contributed by atoms with Gasteiger partial charge in [-0.3, -0.25) is 0 Å². The van der Waals surface area contributed by atoms with E-state index in [9.17, 15) is 9.59 Å². The summed E-state index contributed by atoms with van der Waals surface area (Å²) in [6.45, 7) is 0. The van der Waals surface area contributed by atoms with Gasteiger partial charge < -0.3 is 8.83 Å².